The number of nitrogens with zero attached hydrogens (tertiary/aromatic N) is 2. The van der Waals surface area contributed by atoms with E-state index in [0.717, 1.165) is 41.5 Å². The van der Waals surface area contributed by atoms with Crippen molar-refractivity contribution in [3.63, 3.8) is 0 Å². The Balaban J connectivity index is 1.10. The average molecular weight is 523 g/mol. The number of benzene rings is 3. The Morgan fingerprint density at radius 1 is 0.769 bits per heavy atom. The summed E-state index contributed by atoms with van der Waals surface area (Å²) in [5.41, 5.74) is 4.85. The van der Waals surface area contributed by atoms with Crippen molar-refractivity contribution in [1.29, 1.82) is 0 Å². The van der Waals surface area contributed by atoms with Crippen molar-refractivity contribution in [2.24, 2.45) is 11.8 Å². The molecule has 0 N–H and O–H groups in total. The first-order chi connectivity index (χ1) is 19.0. The zero-order valence-electron chi connectivity index (χ0n) is 21.1. The zero-order valence-corrected chi connectivity index (χ0v) is 21.1. The summed E-state index contributed by atoms with van der Waals surface area (Å²) in [4.78, 5) is 59.3. The third-order valence-corrected chi connectivity index (χ3v) is 8.64. The maximum atomic E-state index is 13.5. The molecule has 4 aliphatic rings. The summed E-state index contributed by atoms with van der Waals surface area (Å²) in [6.45, 7) is 0.516. The number of ether oxygens (including phenoxy) is 1. The molecule has 7 rings (SSSR count). The number of likely N-dealkylation sites (tertiary alicyclic amines) is 1. The van der Waals surface area contributed by atoms with Gasteiger partial charge < -0.3 is 9.57 Å². The maximum absolute atomic E-state index is 13.5. The number of hydrogen-bond acceptors (Lipinski definition) is 6. The highest BCUT2D eigenvalue weighted by Crippen LogP contribution is 2.46. The number of fused-ring (bicyclic) bond motifs is 5. The molecule has 0 spiro atoms. The summed E-state index contributed by atoms with van der Waals surface area (Å²) in [5.74, 6) is -2.21. The van der Waals surface area contributed by atoms with Gasteiger partial charge in [-0.3, -0.25) is 14.5 Å². The second-order valence-corrected chi connectivity index (χ2v) is 10.6. The lowest BCUT2D eigenvalue weighted by Gasteiger charge is -2.27. The molecule has 39 heavy (non-hydrogen) atoms. The molecule has 3 amide bonds. The fourth-order valence-corrected chi connectivity index (χ4v) is 6.87. The molecule has 2 aliphatic carbocycles. The van der Waals surface area contributed by atoms with E-state index >= 15 is 0 Å². The quantitative estimate of drug-likeness (QED) is 0.458. The Hall–Kier alpha value is -4.46. The number of imide groups is 1. The van der Waals surface area contributed by atoms with Gasteiger partial charge in [-0.2, -0.15) is 0 Å². The first kappa shape index (κ1) is 23.6. The van der Waals surface area contributed by atoms with Crippen molar-refractivity contribution < 1.29 is 28.8 Å². The first-order valence-corrected chi connectivity index (χ1v) is 13.3. The summed E-state index contributed by atoms with van der Waals surface area (Å²) in [5, 5.41) is 0.519. The van der Waals surface area contributed by atoms with Gasteiger partial charge >= 0.3 is 12.1 Å². The molecule has 0 bridgehead atoms. The van der Waals surface area contributed by atoms with Crippen LogP contribution in [0.2, 0.25) is 0 Å². The smallest absolute Gasteiger partial charge is 0.410 e. The molecule has 8 heteroatoms. The van der Waals surface area contributed by atoms with Crippen LogP contribution in [0.3, 0.4) is 0 Å². The Bertz CT molecular complexity index is 1450. The molecule has 0 radical (unpaired) electrons. The van der Waals surface area contributed by atoms with E-state index in [1.807, 2.05) is 24.3 Å². The van der Waals surface area contributed by atoms with Gasteiger partial charge in [-0.05, 0) is 59.1 Å². The molecular formula is C31H26N2O6. The van der Waals surface area contributed by atoms with Crippen LogP contribution in [-0.4, -0.2) is 53.0 Å². The molecule has 0 aromatic heterocycles. The van der Waals surface area contributed by atoms with E-state index in [1.165, 1.54) is 17.0 Å². The molecule has 2 heterocycles. The molecule has 3 aromatic rings. The molecule has 3 aromatic carbocycles. The standard InChI is InChI=1S/C31H26N2O6/c34-28-24-13-5-6-14-25(24)29(35)33(28)39-30(36)27-19-15-7-8-18(19)16-32(27)31(37)38-17-26-22-11-3-1-9-20(22)21-10-2-4-12-23(21)26/h1-6,9-14,18-19,26-27H,7-8,15-17H2/t18-,19-,27+/m1/s1. The third-order valence-electron chi connectivity index (χ3n) is 8.64. The second kappa shape index (κ2) is 9.08. The lowest BCUT2D eigenvalue weighted by atomic mass is 9.94. The first-order valence-electron chi connectivity index (χ1n) is 13.3. The largest absolute Gasteiger partial charge is 0.448 e. The van der Waals surface area contributed by atoms with Crippen LogP contribution in [0.4, 0.5) is 4.79 Å². The van der Waals surface area contributed by atoms with Crippen molar-refractivity contribution in [1.82, 2.24) is 9.96 Å². The topological polar surface area (TPSA) is 93.2 Å². The lowest BCUT2D eigenvalue weighted by molar-refractivity contribution is -0.174. The monoisotopic (exact) mass is 522 g/mol. The number of carbonyl (C=O) groups excluding carboxylic acids is 4. The van der Waals surface area contributed by atoms with Gasteiger partial charge in [-0.25, -0.2) is 9.59 Å². The van der Waals surface area contributed by atoms with E-state index in [1.54, 1.807) is 12.1 Å². The maximum Gasteiger partial charge on any atom is 0.410 e. The van der Waals surface area contributed by atoms with Crippen LogP contribution in [0.5, 0.6) is 0 Å². The summed E-state index contributed by atoms with van der Waals surface area (Å²) in [6, 6.07) is 21.6. The van der Waals surface area contributed by atoms with Crippen LogP contribution >= 0.6 is 0 Å². The molecule has 2 fully saturated rings. The molecule has 1 saturated carbocycles. The molecule has 2 aliphatic heterocycles. The zero-order chi connectivity index (χ0) is 26.7. The number of rotatable bonds is 4. The fraction of sp³-hybridized carbons (Fsp3) is 0.290. The Kier molecular flexibility index (Phi) is 5.50. The highest BCUT2D eigenvalue weighted by Gasteiger charge is 2.52. The van der Waals surface area contributed by atoms with Gasteiger partial charge in [0, 0.05) is 12.5 Å². The van der Waals surface area contributed by atoms with Crippen LogP contribution in [-0.2, 0) is 14.4 Å². The Morgan fingerprint density at radius 2 is 1.33 bits per heavy atom. The van der Waals surface area contributed by atoms with Crippen molar-refractivity contribution in [2.75, 3.05) is 13.2 Å². The molecule has 196 valence electrons. The Labute approximate surface area is 225 Å². The van der Waals surface area contributed by atoms with Gasteiger partial charge in [0.2, 0.25) is 0 Å². The van der Waals surface area contributed by atoms with Gasteiger partial charge in [-0.15, -0.1) is 0 Å². The minimum Gasteiger partial charge on any atom is -0.448 e. The van der Waals surface area contributed by atoms with Crippen molar-refractivity contribution in [2.45, 2.75) is 31.2 Å². The summed E-state index contributed by atoms with van der Waals surface area (Å²) < 4.78 is 5.86. The number of amides is 3. The van der Waals surface area contributed by atoms with Crippen LogP contribution < -0.4 is 0 Å². The summed E-state index contributed by atoms with van der Waals surface area (Å²) in [6.07, 6.45) is 2.02. The number of hydroxylamine groups is 2. The van der Waals surface area contributed by atoms with Crippen LogP contribution in [0.25, 0.3) is 11.1 Å². The van der Waals surface area contributed by atoms with Gasteiger partial charge in [-0.1, -0.05) is 72.1 Å². The van der Waals surface area contributed by atoms with Gasteiger partial charge in [0.15, 0.2) is 0 Å². The fourth-order valence-electron chi connectivity index (χ4n) is 6.87. The molecule has 0 unspecified atom stereocenters. The highest BCUT2D eigenvalue weighted by atomic mass is 16.7. The normalized spacial score (nSPS) is 22.9. The molecule has 1 saturated heterocycles. The van der Waals surface area contributed by atoms with Crippen LogP contribution in [0.15, 0.2) is 72.8 Å². The predicted octanol–water partition coefficient (Wildman–Crippen LogP) is 4.79. The molecule has 8 nitrogen and oxygen atoms in total. The minimum atomic E-state index is -0.919. The molecule has 3 atom stereocenters. The van der Waals surface area contributed by atoms with Crippen molar-refractivity contribution in [3.05, 3.63) is 95.1 Å². The Morgan fingerprint density at radius 3 is 1.95 bits per heavy atom. The lowest BCUT2D eigenvalue weighted by Crippen LogP contribution is -2.47. The summed E-state index contributed by atoms with van der Waals surface area (Å²) in [7, 11) is 0. The third kappa shape index (κ3) is 3.66. The minimum absolute atomic E-state index is 0.104. The van der Waals surface area contributed by atoms with E-state index < -0.39 is 29.9 Å². The van der Waals surface area contributed by atoms with E-state index in [2.05, 4.69) is 24.3 Å². The predicted molar refractivity (Wildman–Crippen MR) is 139 cm³/mol. The number of hydrogen-bond donors (Lipinski definition) is 0. The van der Waals surface area contributed by atoms with Gasteiger partial charge in [0.25, 0.3) is 11.8 Å². The molecular weight excluding hydrogens is 496 g/mol. The summed E-state index contributed by atoms with van der Waals surface area (Å²) >= 11 is 0. The van der Waals surface area contributed by atoms with E-state index in [9.17, 15) is 19.2 Å². The number of carbonyl (C=O) groups is 4. The van der Waals surface area contributed by atoms with E-state index in [0.29, 0.717) is 11.6 Å². The van der Waals surface area contributed by atoms with E-state index in [4.69, 9.17) is 9.57 Å². The highest BCUT2D eigenvalue weighted by molar-refractivity contribution is 6.21. The van der Waals surface area contributed by atoms with Gasteiger partial charge in [0.1, 0.15) is 12.6 Å². The van der Waals surface area contributed by atoms with Crippen LogP contribution in [0, 0.1) is 11.8 Å². The van der Waals surface area contributed by atoms with E-state index in [-0.39, 0.29) is 35.5 Å². The second-order valence-electron chi connectivity index (χ2n) is 10.6. The SMILES string of the molecule is O=C(ON1C(=O)c2ccccc2C1=O)[C@@H]1[C@@H]2CCC[C@@H]2CN1C(=O)OCC1c2ccccc2-c2ccccc21. The average Bonchev–Trinajstić information content (AvgIpc) is 3.70. The van der Waals surface area contributed by atoms with Crippen LogP contribution in [0.1, 0.15) is 57.0 Å². The van der Waals surface area contributed by atoms with Crippen molar-refractivity contribution >= 4 is 23.9 Å². The van der Waals surface area contributed by atoms with Crippen molar-refractivity contribution in [3.8, 4) is 11.1 Å². The van der Waals surface area contributed by atoms with Gasteiger partial charge in [0.05, 0.1) is 11.1 Å².